The minimum atomic E-state index is -0.413. The standard InChI is InChI=1S/C12H25NO2/c1-9(13(8)11(2,3)4)10(14)15-12(5,6)7/h9H,1-8H3. The van der Waals surface area contributed by atoms with Crippen molar-refractivity contribution in [1.29, 1.82) is 0 Å². The highest BCUT2D eigenvalue weighted by Gasteiger charge is 2.30. The Bertz CT molecular complexity index is 223. The number of ether oxygens (including phenoxy) is 1. The van der Waals surface area contributed by atoms with Crippen LogP contribution in [0.1, 0.15) is 48.5 Å². The van der Waals surface area contributed by atoms with Crippen molar-refractivity contribution in [2.45, 2.75) is 65.6 Å². The van der Waals surface area contributed by atoms with E-state index in [-0.39, 0.29) is 17.6 Å². The summed E-state index contributed by atoms with van der Waals surface area (Å²) in [6.45, 7) is 13.8. The maximum Gasteiger partial charge on any atom is 0.323 e. The van der Waals surface area contributed by atoms with Crippen LogP contribution in [0.25, 0.3) is 0 Å². The lowest BCUT2D eigenvalue weighted by Gasteiger charge is -2.36. The molecule has 0 heterocycles. The first kappa shape index (κ1) is 14.4. The Kier molecular flexibility index (Phi) is 4.35. The molecule has 0 N–H and O–H groups in total. The summed E-state index contributed by atoms with van der Waals surface area (Å²) < 4.78 is 5.34. The molecule has 0 aliphatic carbocycles. The number of carbonyl (C=O) groups excluding carboxylic acids is 1. The van der Waals surface area contributed by atoms with E-state index < -0.39 is 5.60 Å². The van der Waals surface area contributed by atoms with Crippen molar-refractivity contribution in [2.24, 2.45) is 0 Å². The predicted molar refractivity (Wildman–Crippen MR) is 62.8 cm³/mol. The lowest BCUT2D eigenvalue weighted by Crippen LogP contribution is -2.49. The van der Waals surface area contributed by atoms with Crippen LogP contribution < -0.4 is 0 Å². The van der Waals surface area contributed by atoms with Crippen molar-refractivity contribution < 1.29 is 9.53 Å². The van der Waals surface area contributed by atoms with Crippen molar-refractivity contribution in [1.82, 2.24) is 4.90 Å². The molecule has 1 unspecified atom stereocenters. The highest BCUT2D eigenvalue weighted by molar-refractivity contribution is 5.75. The predicted octanol–water partition coefficient (Wildman–Crippen LogP) is 2.45. The second-order valence-electron chi connectivity index (χ2n) is 5.99. The van der Waals surface area contributed by atoms with Gasteiger partial charge in [0, 0.05) is 5.54 Å². The normalized spacial score (nSPS) is 15.3. The van der Waals surface area contributed by atoms with E-state index in [2.05, 4.69) is 20.8 Å². The van der Waals surface area contributed by atoms with Crippen molar-refractivity contribution in [3.63, 3.8) is 0 Å². The van der Waals surface area contributed by atoms with Gasteiger partial charge in [-0.15, -0.1) is 0 Å². The zero-order chi connectivity index (χ0) is 12.4. The molecule has 0 saturated heterocycles. The number of nitrogens with zero attached hydrogens (tertiary/aromatic N) is 1. The molecule has 0 aromatic rings. The Morgan fingerprint density at radius 1 is 1.13 bits per heavy atom. The minimum absolute atomic E-state index is 0.0314. The maximum atomic E-state index is 11.8. The van der Waals surface area contributed by atoms with Gasteiger partial charge in [0.25, 0.3) is 0 Å². The summed E-state index contributed by atoms with van der Waals surface area (Å²) in [5, 5.41) is 0. The highest BCUT2D eigenvalue weighted by Crippen LogP contribution is 2.17. The van der Waals surface area contributed by atoms with E-state index in [9.17, 15) is 4.79 Å². The third-order valence-electron chi connectivity index (χ3n) is 2.39. The van der Waals surface area contributed by atoms with E-state index in [0.29, 0.717) is 0 Å². The Hall–Kier alpha value is -0.570. The SMILES string of the molecule is CC(C(=O)OC(C)(C)C)N(C)C(C)(C)C. The summed E-state index contributed by atoms with van der Waals surface area (Å²) in [5.74, 6) is -0.167. The number of likely N-dealkylation sites (N-methyl/N-ethyl adjacent to an activating group) is 1. The molecule has 0 bridgehead atoms. The van der Waals surface area contributed by atoms with Gasteiger partial charge in [-0.05, 0) is 55.5 Å². The summed E-state index contributed by atoms with van der Waals surface area (Å²) in [7, 11) is 1.94. The third-order valence-corrected chi connectivity index (χ3v) is 2.39. The molecule has 0 spiro atoms. The topological polar surface area (TPSA) is 29.5 Å². The molecular weight excluding hydrogens is 190 g/mol. The summed E-state index contributed by atoms with van der Waals surface area (Å²) in [5.41, 5.74) is -0.444. The third kappa shape index (κ3) is 5.17. The van der Waals surface area contributed by atoms with Gasteiger partial charge in [-0.1, -0.05) is 0 Å². The molecule has 0 aromatic heterocycles. The molecule has 3 heteroatoms. The lowest BCUT2D eigenvalue weighted by molar-refractivity contribution is -0.162. The largest absolute Gasteiger partial charge is 0.459 e. The maximum absolute atomic E-state index is 11.8. The fourth-order valence-corrected chi connectivity index (χ4v) is 1.13. The van der Waals surface area contributed by atoms with Crippen molar-refractivity contribution in [3.05, 3.63) is 0 Å². The molecule has 15 heavy (non-hydrogen) atoms. The van der Waals surface area contributed by atoms with Crippen LogP contribution in [-0.4, -0.2) is 35.1 Å². The average Bonchev–Trinajstić information content (AvgIpc) is 1.96. The van der Waals surface area contributed by atoms with E-state index in [0.717, 1.165) is 0 Å². The van der Waals surface area contributed by atoms with E-state index in [1.165, 1.54) is 0 Å². The van der Waals surface area contributed by atoms with Crippen LogP contribution in [0.2, 0.25) is 0 Å². The van der Waals surface area contributed by atoms with E-state index in [4.69, 9.17) is 4.74 Å². The molecule has 1 atom stereocenters. The van der Waals surface area contributed by atoms with E-state index >= 15 is 0 Å². The summed E-state index contributed by atoms with van der Waals surface area (Å²) in [6.07, 6.45) is 0. The van der Waals surface area contributed by atoms with Gasteiger partial charge in [-0.3, -0.25) is 9.69 Å². The zero-order valence-electron chi connectivity index (χ0n) is 11.3. The molecule has 0 aliphatic heterocycles. The van der Waals surface area contributed by atoms with Crippen LogP contribution in [-0.2, 0) is 9.53 Å². The molecule has 0 aromatic carbocycles. The molecule has 0 rings (SSSR count). The second-order valence-corrected chi connectivity index (χ2v) is 5.99. The van der Waals surface area contributed by atoms with E-state index in [1.807, 2.05) is 39.6 Å². The van der Waals surface area contributed by atoms with Gasteiger partial charge in [-0.25, -0.2) is 0 Å². The van der Waals surface area contributed by atoms with Crippen LogP contribution >= 0.6 is 0 Å². The minimum Gasteiger partial charge on any atom is -0.459 e. The smallest absolute Gasteiger partial charge is 0.323 e. The monoisotopic (exact) mass is 215 g/mol. The van der Waals surface area contributed by atoms with E-state index in [1.54, 1.807) is 0 Å². The molecule has 0 aliphatic rings. The van der Waals surface area contributed by atoms with Crippen LogP contribution in [0.3, 0.4) is 0 Å². The van der Waals surface area contributed by atoms with Gasteiger partial charge in [-0.2, -0.15) is 0 Å². The average molecular weight is 215 g/mol. The van der Waals surface area contributed by atoms with Gasteiger partial charge >= 0.3 is 5.97 Å². The summed E-state index contributed by atoms with van der Waals surface area (Å²) >= 11 is 0. The Balaban J connectivity index is 4.46. The summed E-state index contributed by atoms with van der Waals surface area (Å²) in [6, 6.07) is -0.218. The molecule has 0 fully saturated rings. The molecule has 90 valence electrons. The number of hydrogen-bond donors (Lipinski definition) is 0. The van der Waals surface area contributed by atoms with Crippen LogP contribution in [0.4, 0.5) is 0 Å². The quantitative estimate of drug-likeness (QED) is 0.663. The van der Waals surface area contributed by atoms with Gasteiger partial charge in [0.2, 0.25) is 0 Å². The van der Waals surface area contributed by atoms with Crippen molar-refractivity contribution >= 4 is 5.97 Å². The van der Waals surface area contributed by atoms with Gasteiger partial charge in [0.1, 0.15) is 11.6 Å². The van der Waals surface area contributed by atoms with Crippen LogP contribution in [0.5, 0.6) is 0 Å². The molecule has 0 saturated carbocycles. The van der Waals surface area contributed by atoms with Gasteiger partial charge in [0.05, 0.1) is 0 Å². The van der Waals surface area contributed by atoms with Crippen LogP contribution in [0.15, 0.2) is 0 Å². The second kappa shape index (κ2) is 4.52. The molecule has 0 amide bonds. The van der Waals surface area contributed by atoms with Crippen LogP contribution in [0, 0.1) is 0 Å². The first-order valence-electron chi connectivity index (χ1n) is 5.41. The highest BCUT2D eigenvalue weighted by atomic mass is 16.6. The zero-order valence-corrected chi connectivity index (χ0v) is 11.3. The Labute approximate surface area is 93.8 Å². The van der Waals surface area contributed by atoms with Crippen molar-refractivity contribution in [2.75, 3.05) is 7.05 Å². The summed E-state index contributed by atoms with van der Waals surface area (Å²) in [4.78, 5) is 13.8. The number of carbonyl (C=O) groups is 1. The number of esters is 1. The first-order chi connectivity index (χ1) is 6.45. The first-order valence-corrected chi connectivity index (χ1v) is 5.41. The Morgan fingerprint density at radius 2 is 1.53 bits per heavy atom. The molecule has 3 nitrogen and oxygen atoms in total. The van der Waals surface area contributed by atoms with Crippen molar-refractivity contribution in [3.8, 4) is 0 Å². The molecule has 0 radical (unpaired) electrons. The number of hydrogen-bond acceptors (Lipinski definition) is 3. The molecular formula is C12H25NO2. The van der Waals surface area contributed by atoms with Gasteiger partial charge < -0.3 is 4.74 Å². The lowest BCUT2D eigenvalue weighted by atomic mass is 10.0. The fourth-order valence-electron chi connectivity index (χ4n) is 1.13. The van der Waals surface area contributed by atoms with Gasteiger partial charge in [0.15, 0.2) is 0 Å². The number of rotatable bonds is 2. The Morgan fingerprint density at radius 3 is 1.80 bits per heavy atom. The fraction of sp³-hybridized carbons (Fsp3) is 0.917.